The molecule has 1 amide bonds. The number of benzene rings is 1. The number of carbonyl (C=O) groups excluding carboxylic acids is 1. The minimum atomic E-state index is -3.59. The van der Waals surface area contributed by atoms with Gasteiger partial charge in [0.1, 0.15) is 11.5 Å². The maximum absolute atomic E-state index is 12.3. The molecule has 0 fully saturated rings. The number of aryl methyl sites for hydroxylation is 1. The zero-order valence-corrected chi connectivity index (χ0v) is 14.2. The Kier molecular flexibility index (Phi) is 5.20. The third-order valence-electron chi connectivity index (χ3n) is 3.64. The van der Waals surface area contributed by atoms with E-state index in [0.29, 0.717) is 11.5 Å². The third-order valence-corrected chi connectivity index (χ3v) is 5.07. The molecular weight excluding hydrogens is 316 g/mol. The Bertz CT molecular complexity index is 768. The van der Waals surface area contributed by atoms with Crippen LogP contribution >= 0.6 is 0 Å². The van der Waals surface area contributed by atoms with Crippen molar-refractivity contribution in [3.8, 4) is 0 Å². The quantitative estimate of drug-likeness (QED) is 0.807. The summed E-state index contributed by atoms with van der Waals surface area (Å²) >= 11 is 0. The molecule has 0 spiro atoms. The molecule has 0 radical (unpaired) electrons. The molecule has 1 heterocycles. The summed E-state index contributed by atoms with van der Waals surface area (Å²) in [4.78, 5) is 13.7. The molecule has 0 aliphatic heterocycles. The van der Waals surface area contributed by atoms with Gasteiger partial charge in [0.2, 0.25) is 5.91 Å². The van der Waals surface area contributed by atoms with E-state index in [0.717, 1.165) is 5.56 Å². The van der Waals surface area contributed by atoms with E-state index in [1.807, 2.05) is 37.3 Å². The van der Waals surface area contributed by atoms with Gasteiger partial charge >= 0.3 is 0 Å². The zero-order chi connectivity index (χ0) is 17.0. The lowest BCUT2D eigenvalue weighted by Crippen LogP contribution is -2.34. The van der Waals surface area contributed by atoms with Crippen LogP contribution in [-0.4, -0.2) is 37.2 Å². The Labute approximate surface area is 136 Å². The van der Waals surface area contributed by atoms with E-state index < -0.39 is 21.5 Å². The topological polar surface area (TPSA) is 80.5 Å². The first-order valence-corrected chi connectivity index (χ1v) is 9.04. The number of hydrogen-bond donors (Lipinski definition) is 0. The summed E-state index contributed by atoms with van der Waals surface area (Å²) in [6, 6.07) is 10.8. The first-order chi connectivity index (χ1) is 10.8. The summed E-state index contributed by atoms with van der Waals surface area (Å²) in [5, 5.41) is 3.66. The van der Waals surface area contributed by atoms with E-state index in [1.165, 1.54) is 4.90 Å². The van der Waals surface area contributed by atoms with Crippen molar-refractivity contribution in [3.63, 3.8) is 0 Å². The fraction of sp³-hybridized carbons (Fsp3) is 0.375. The molecule has 0 bridgehead atoms. The molecule has 1 aromatic carbocycles. The molecule has 6 nitrogen and oxygen atoms in total. The number of sulfone groups is 1. The average molecular weight is 336 g/mol. The minimum Gasteiger partial charge on any atom is -0.361 e. The Morgan fingerprint density at radius 2 is 1.96 bits per heavy atom. The smallest absolute Gasteiger partial charge is 0.238 e. The van der Waals surface area contributed by atoms with E-state index in [9.17, 15) is 13.2 Å². The standard InChI is InChI=1S/C16H20N2O4S/c1-12-9-15(17-22-12)10-23(20,21)11-16(19)18(3)13(2)14-7-5-4-6-8-14/h4-9,13H,10-11H2,1-3H3/t13-/m0/s1. The van der Waals surface area contributed by atoms with Crippen LogP contribution in [0.25, 0.3) is 0 Å². The highest BCUT2D eigenvalue weighted by atomic mass is 32.2. The molecule has 2 rings (SSSR count). The fourth-order valence-corrected chi connectivity index (χ4v) is 3.49. The van der Waals surface area contributed by atoms with Gasteiger partial charge < -0.3 is 9.42 Å². The van der Waals surface area contributed by atoms with Gasteiger partial charge in [0.15, 0.2) is 9.84 Å². The van der Waals surface area contributed by atoms with E-state index in [-0.39, 0.29) is 11.8 Å². The number of carbonyl (C=O) groups is 1. The number of amides is 1. The lowest BCUT2D eigenvalue weighted by molar-refractivity contribution is -0.129. The Morgan fingerprint density at radius 3 is 2.52 bits per heavy atom. The minimum absolute atomic E-state index is 0.201. The van der Waals surface area contributed by atoms with Crippen molar-refractivity contribution in [2.24, 2.45) is 0 Å². The molecule has 0 saturated carbocycles. The van der Waals surface area contributed by atoms with Crippen LogP contribution < -0.4 is 0 Å². The van der Waals surface area contributed by atoms with Crippen LogP contribution in [0.2, 0.25) is 0 Å². The van der Waals surface area contributed by atoms with Crippen molar-refractivity contribution >= 4 is 15.7 Å². The molecule has 1 atom stereocenters. The number of rotatable bonds is 6. The van der Waals surface area contributed by atoms with E-state index in [1.54, 1.807) is 20.0 Å². The predicted molar refractivity (Wildman–Crippen MR) is 86.4 cm³/mol. The predicted octanol–water partition coefficient (Wildman–Crippen LogP) is 2.12. The summed E-state index contributed by atoms with van der Waals surface area (Å²) in [7, 11) is -1.99. The van der Waals surface area contributed by atoms with Crippen LogP contribution in [0.15, 0.2) is 40.9 Å². The van der Waals surface area contributed by atoms with Gasteiger partial charge in [-0.05, 0) is 19.4 Å². The average Bonchev–Trinajstić information content (AvgIpc) is 2.90. The lowest BCUT2D eigenvalue weighted by Gasteiger charge is -2.25. The van der Waals surface area contributed by atoms with Gasteiger partial charge in [0.05, 0.1) is 17.5 Å². The monoisotopic (exact) mass is 336 g/mol. The van der Waals surface area contributed by atoms with Gasteiger partial charge in [-0.15, -0.1) is 0 Å². The van der Waals surface area contributed by atoms with Crippen molar-refractivity contribution in [1.29, 1.82) is 0 Å². The van der Waals surface area contributed by atoms with Crippen molar-refractivity contribution in [2.75, 3.05) is 12.8 Å². The molecule has 2 aromatic rings. The van der Waals surface area contributed by atoms with E-state index in [2.05, 4.69) is 5.16 Å². The third kappa shape index (κ3) is 4.66. The second kappa shape index (κ2) is 6.95. The number of hydrogen-bond acceptors (Lipinski definition) is 5. The number of aromatic nitrogens is 1. The molecule has 0 aliphatic carbocycles. The first-order valence-electron chi connectivity index (χ1n) is 7.22. The van der Waals surface area contributed by atoms with Crippen LogP contribution in [0.1, 0.15) is 30.0 Å². The highest BCUT2D eigenvalue weighted by molar-refractivity contribution is 7.91. The summed E-state index contributed by atoms with van der Waals surface area (Å²) in [5.74, 6) is -0.756. The maximum atomic E-state index is 12.3. The summed E-state index contributed by atoms with van der Waals surface area (Å²) in [5.41, 5.74) is 1.27. The molecule has 1 aromatic heterocycles. The van der Waals surface area contributed by atoms with Crippen molar-refractivity contribution in [1.82, 2.24) is 10.1 Å². The molecule has 23 heavy (non-hydrogen) atoms. The summed E-state index contributed by atoms with van der Waals surface area (Å²) in [6.07, 6.45) is 0. The summed E-state index contributed by atoms with van der Waals surface area (Å²) in [6.45, 7) is 3.55. The van der Waals surface area contributed by atoms with Gasteiger partial charge in [-0.1, -0.05) is 35.5 Å². The second-order valence-corrected chi connectivity index (χ2v) is 7.62. The van der Waals surface area contributed by atoms with E-state index in [4.69, 9.17) is 4.52 Å². The molecule has 0 saturated heterocycles. The van der Waals surface area contributed by atoms with Crippen molar-refractivity contribution < 1.29 is 17.7 Å². The largest absolute Gasteiger partial charge is 0.361 e. The van der Waals surface area contributed by atoms with Gasteiger partial charge in [-0.2, -0.15) is 0 Å². The fourth-order valence-electron chi connectivity index (χ4n) is 2.22. The normalized spacial score (nSPS) is 12.8. The maximum Gasteiger partial charge on any atom is 0.238 e. The van der Waals surface area contributed by atoms with Crippen LogP contribution in [0.4, 0.5) is 0 Å². The Balaban J connectivity index is 2.02. The molecule has 7 heteroatoms. The Morgan fingerprint density at radius 1 is 1.30 bits per heavy atom. The van der Waals surface area contributed by atoms with Crippen LogP contribution in [-0.2, 0) is 20.4 Å². The molecule has 0 N–H and O–H groups in total. The number of nitrogens with zero attached hydrogens (tertiary/aromatic N) is 2. The SMILES string of the molecule is Cc1cc(CS(=O)(=O)CC(=O)N(C)[C@@H](C)c2ccccc2)no1. The molecule has 124 valence electrons. The highest BCUT2D eigenvalue weighted by Crippen LogP contribution is 2.19. The molecule has 0 unspecified atom stereocenters. The van der Waals surface area contributed by atoms with Gasteiger partial charge in [0.25, 0.3) is 0 Å². The van der Waals surface area contributed by atoms with Gasteiger partial charge in [-0.3, -0.25) is 4.79 Å². The lowest BCUT2D eigenvalue weighted by atomic mass is 10.1. The van der Waals surface area contributed by atoms with Crippen LogP contribution in [0.3, 0.4) is 0 Å². The molecular formula is C16H20N2O4S. The van der Waals surface area contributed by atoms with Crippen LogP contribution in [0, 0.1) is 6.92 Å². The second-order valence-electron chi connectivity index (χ2n) is 5.55. The summed E-state index contributed by atoms with van der Waals surface area (Å²) < 4.78 is 29.2. The highest BCUT2D eigenvalue weighted by Gasteiger charge is 2.24. The zero-order valence-electron chi connectivity index (χ0n) is 13.4. The first kappa shape index (κ1) is 17.2. The Hall–Kier alpha value is -2.15. The van der Waals surface area contributed by atoms with Crippen LogP contribution in [0.5, 0.6) is 0 Å². The molecule has 0 aliphatic rings. The van der Waals surface area contributed by atoms with Crippen molar-refractivity contribution in [3.05, 3.63) is 53.4 Å². The van der Waals surface area contributed by atoms with E-state index >= 15 is 0 Å². The van der Waals surface area contributed by atoms with Gasteiger partial charge in [0, 0.05) is 13.1 Å². The van der Waals surface area contributed by atoms with Gasteiger partial charge in [-0.25, -0.2) is 8.42 Å². The van der Waals surface area contributed by atoms with Crippen molar-refractivity contribution in [2.45, 2.75) is 25.6 Å².